The number of likely N-dealkylation sites (tertiary alicyclic amines) is 1. The minimum absolute atomic E-state index is 0.309. The molecular formula is C25H36N6O. The molecule has 2 saturated heterocycles. The van der Waals surface area contributed by atoms with Crippen molar-refractivity contribution in [3.63, 3.8) is 0 Å². The van der Waals surface area contributed by atoms with E-state index in [1.54, 1.807) is 7.11 Å². The fraction of sp³-hybridized carbons (Fsp3) is 0.520. The van der Waals surface area contributed by atoms with Gasteiger partial charge in [-0.3, -0.25) is 9.89 Å². The second kappa shape index (κ2) is 11.2. The van der Waals surface area contributed by atoms with Crippen LogP contribution < -0.4 is 20.3 Å². The molecule has 172 valence electrons. The Bertz CT molecular complexity index is 855. The Morgan fingerprint density at radius 2 is 1.72 bits per heavy atom. The van der Waals surface area contributed by atoms with Crippen molar-refractivity contribution in [2.24, 2.45) is 4.99 Å². The number of anilines is 1. The van der Waals surface area contributed by atoms with Crippen molar-refractivity contribution >= 4 is 11.8 Å². The first-order chi connectivity index (χ1) is 15.8. The molecule has 2 N–H and O–H groups in total. The Balaban J connectivity index is 1.33. The van der Waals surface area contributed by atoms with E-state index in [1.807, 2.05) is 25.4 Å². The summed E-state index contributed by atoms with van der Waals surface area (Å²) < 4.78 is 5.33. The molecule has 3 heterocycles. The van der Waals surface area contributed by atoms with E-state index in [-0.39, 0.29) is 0 Å². The standard InChI is InChI=1S/C25H36N6O/c1-26-25(28-18-20-7-12-24(27-17-20)31-15-5-6-16-31)29-19-23(30-13-3-4-14-30)21-8-10-22(32-2)11-9-21/h7-12,17,23H,3-6,13-16,18-19H2,1-2H3,(H2,26,28,29). The van der Waals surface area contributed by atoms with Gasteiger partial charge in [0.2, 0.25) is 0 Å². The molecule has 0 aliphatic carbocycles. The number of benzene rings is 1. The Labute approximate surface area is 191 Å². The number of hydrogen-bond donors (Lipinski definition) is 2. The molecule has 2 aliphatic heterocycles. The van der Waals surface area contributed by atoms with Crippen molar-refractivity contribution in [3.8, 4) is 5.75 Å². The molecule has 4 rings (SSSR count). The largest absolute Gasteiger partial charge is 0.497 e. The van der Waals surface area contributed by atoms with Gasteiger partial charge in [-0.15, -0.1) is 0 Å². The zero-order valence-corrected chi connectivity index (χ0v) is 19.4. The lowest BCUT2D eigenvalue weighted by Gasteiger charge is -2.29. The van der Waals surface area contributed by atoms with E-state index in [9.17, 15) is 0 Å². The minimum Gasteiger partial charge on any atom is -0.497 e. The van der Waals surface area contributed by atoms with Gasteiger partial charge in [-0.25, -0.2) is 4.98 Å². The summed E-state index contributed by atoms with van der Waals surface area (Å²) in [6, 6.07) is 13.0. The normalized spacial score (nSPS) is 18.1. The maximum atomic E-state index is 5.33. The topological polar surface area (TPSA) is 65.0 Å². The number of rotatable bonds is 8. The average molecular weight is 437 g/mol. The highest BCUT2D eigenvalue weighted by Gasteiger charge is 2.23. The number of nitrogens with one attached hydrogen (secondary N) is 2. The third-order valence-electron chi connectivity index (χ3n) is 6.47. The lowest BCUT2D eigenvalue weighted by Crippen LogP contribution is -2.42. The second-order valence-electron chi connectivity index (χ2n) is 8.56. The lowest BCUT2D eigenvalue weighted by atomic mass is 10.1. The SMILES string of the molecule is CN=C(NCc1ccc(N2CCCC2)nc1)NCC(c1ccc(OC)cc1)N1CCCC1. The van der Waals surface area contributed by atoms with Gasteiger partial charge in [-0.05, 0) is 68.1 Å². The highest BCUT2D eigenvalue weighted by atomic mass is 16.5. The molecule has 7 heteroatoms. The van der Waals surface area contributed by atoms with Crippen molar-refractivity contribution in [3.05, 3.63) is 53.7 Å². The van der Waals surface area contributed by atoms with E-state index in [4.69, 9.17) is 4.74 Å². The van der Waals surface area contributed by atoms with Gasteiger partial charge in [-0.1, -0.05) is 18.2 Å². The molecule has 2 fully saturated rings. The Hall–Kier alpha value is -2.80. The smallest absolute Gasteiger partial charge is 0.191 e. The second-order valence-corrected chi connectivity index (χ2v) is 8.56. The summed E-state index contributed by atoms with van der Waals surface area (Å²) in [5.74, 6) is 2.79. The molecule has 1 aromatic carbocycles. The summed E-state index contributed by atoms with van der Waals surface area (Å²) in [5, 5.41) is 6.97. The van der Waals surface area contributed by atoms with Crippen LogP contribution in [0.15, 0.2) is 47.6 Å². The number of methoxy groups -OCH3 is 1. The highest BCUT2D eigenvalue weighted by Crippen LogP contribution is 2.26. The molecule has 0 spiro atoms. The molecular weight excluding hydrogens is 400 g/mol. The first-order valence-corrected chi connectivity index (χ1v) is 11.8. The van der Waals surface area contributed by atoms with Gasteiger partial charge in [0.1, 0.15) is 11.6 Å². The van der Waals surface area contributed by atoms with Crippen molar-refractivity contribution in [1.29, 1.82) is 0 Å². The summed E-state index contributed by atoms with van der Waals surface area (Å²) >= 11 is 0. The molecule has 0 radical (unpaired) electrons. The fourth-order valence-corrected chi connectivity index (χ4v) is 4.59. The molecule has 7 nitrogen and oxygen atoms in total. The van der Waals surface area contributed by atoms with Crippen LogP contribution in [-0.4, -0.2) is 62.7 Å². The predicted molar refractivity (Wildman–Crippen MR) is 130 cm³/mol. The molecule has 0 amide bonds. The maximum Gasteiger partial charge on any atom is 0.191 e. The molecule has 1 aromatic heterocycles. The minimum atomic E-state index is 0.309. The van der Waals surface area contributed by atoms with Crippen LogP contribution in [0.4, 0.5) is 5.82 Å². The number of aromatic nitrogens is 1. The molecule has 1 unspecified atom stereocenters. The number of nitrogens with zero attached hydrogens (tertiary/aromatic N) is 4. The van der Waals surface area contributed by atoms with Crippen LogP contribution in [-0.2, 0) is 6.54 Å². The van der Waals surface area contributed by atoms with Gasteiger partial charge in [0.05, 0.1) is 13.2 Å². The van der Waals surface area contributed by atoms with Crippen LogP contribution in [0, 0.1) is 0 Å². The van der Waals surface area contributed by atoms with Crippen LogP contribution in [0.2, 0.25) is 0 Å². The third-order valence-corrected chi connectivity index (χ3v) is 6.47. The summed E-state index contributed by atoms with van der Waals surface area (Å²) in [5.41, 5.74) is 2.46. The number of ether oxygens (including phenoxy) is 1. The summed E-state index contributed by atoms with van der Waals surface area (Å²) in [6.07, 6.45) is 7.03. The number of guanidine groups is 1. The van der Waals surface area contributed by atoms with E-state index in [0.717, 1.165) is 55.8 Å². The summed E-state index contributed by atoms with van der Waals surface area (Å²) in [4.78, 5) is 14.0. The van der Waals surface area contributed by atoms with Crippen LogP contribution in [0.1, 0.15) is 42.9 Å². The van der Waals surface area contributed by atoms with E-state index in [1.165, 1.54) is 31.2 Å². The highest BCUT2D eigenvalue weighted by molar-refractivity contribution is 5.79. The monoisotopic (exact) mass is 436 g/mol. The number of aliphatic imine (C=N–C) groups is 1. The van der Waals surface area contributed by atoms with Gasteiger partial charge in [-0.2, -0.15) is 0 Å². The first-order valence-electron chi connectivity index (χ1n) is 11.8. The predicted octanol–water partition coefficient (Wildman–Crippen LogP) is 3.19. The fourth-order valence-electron chi connectivity index (χ4n) is 4.59. The number of pyridine rings is 1. The Morgan fingerprint density at radius 1 is 1.00 bits per heavy atom. The van der Waals surface area contributed by atoms with Gasteiger partial charge < -0.3 is 20.3 Å². The van der Waals surface area contributed by atoms with Crippen LogP contribution in [0.5, 0.6) is 5.75 Å². The molecule has 1 atom stereocenters. The Kier molecular flexibility index (Phi) is 7.82. The summed E-state index contributed by atoms with van der Waals surface area (Å²) in [7, 11) is 3.53. The zero-order valence-electron chi connectivity index (χ0n) is 19.4. The van der Waals surface area contributed by atoms with E-state index >= 15 is 0 Å². The van der Waals surface area contributed by atoms with Gasteiger partial charge in [0, 0.05) is 39.4 Å². The van der Waals surface area contributed by atoms with Gasteiger partial charge in [0.25, 0.3) is 0 Å². The molecule has 2 aromatic rings. The van der Waals surface area contributed by atoms with Crippen molar-refractivity contribution in [1.82, 2.24) is 20.5 Å². The van der Waals surface area contributed by atoms with E-state index in [2.05, 4.69) is 54.7 Å². The van der Waals surface area contributed by atoms with Gasteiger partial charge >= 0.3 is 0 Å². The zero-order chi connectivity index (χ0) is 22.2. The van der Waals surface area contributed by atoms with Crippen molar-refractivity contribution < 1.29 is 4.74 Å². The van der Waals surface area contributed by atoms with Crippen LogP contribution in [0.25, 0.3) is 0 Å². The molecule has 2 aliphatic rings. The van der Waals surface area contributed by atoms with Gasteiger partial charge in [0.15, 0.2) is 5.96 Å². The Morgan fingerprint density at radius 3 is 2.34 bits per heavy atom. The molecule has 0 bridgehead atoms. The van der Waals surface area contributed by atoms with E-state index in [0.29, 0.717) is 12.6 Å². The average Bonchev–Trinajstić information content (AvgIpc) is 3.57. The number of hydrogen-bond acceptors (Lipinski definition) is 5. The quantitative estimate of drug-likeness (QED) is 0.489. The van der Waals surface area contributed by atoms with Crippen molar-refractivity contribution in [2.45, 2.75) is 38.3 Å². The first kappa shape index (κ1) is 22.4. The van der Waals surface area contributed by atoms with E-state index < -0.39 is 0 Å². The molecule has 0 saturated carbocycles. The van der Waals surface area contributed by atoms with Crippen molar-refractivity contribution in [2.75, 3.05) is 51.8 Å². The molecule has 32 heavy (non-hydrogen) atoms. The summed E-state index contributed by atoms with van der Waals surface area (Å²) in [6.45, 7) is 6.02. The van der Waals surface area contributed by atoms with Crippen LogP contribution in [0.3, 0.4) is 0 Å². The maximum absolute atomic E-state index is 5.33. The lowest BCUT2D eigenvalue weighted by molar-refractivity contribution is 0.245. The third kappa shape index (κ3) is 5.71. The van der Waals surface area contributed by atoms with Crippen LogP contribution >= 0.6 is 0 Å².